The lowest BCUT2D eigenvalue weighted by Gasteiger charge is -2.12. The molecule has 3 aromatic carbocycles. The van der Waals surface area contributed by atoms with Gasteiger partial charge >= 0.3 is 5.97 Å². The lowest BCUT2D eigenvalue weighted by Crippen LogP contribution is -2.33. The highest BCUT2D eigenvalue weighted by Gasteiger charge is 2.22. The Hall–Kier alpha value is -4.00. The Kier molecular flexibility index (Phi) is 6.03. The molecule has 0 bridgehead atoms. The molecule has 7 nitrogen and oxygen atoms in total. The van der Waals surface area contributed by atoms with Crippen LogP contribution in [0.1, 0.15) is 22.3 Å². The van der Waals surface area contributed by atoms with Crippen molar-refractivity contribution in [2.24, 2.45) is 5.10 Å². The van der Waals surface area contributed by atoms with E-state index in [1.165, 1.54) is 5.01 Å². The van der Waals surface area contributed by atoms with Crippen molar-refractivity contribution < 1.29 is 19.1 Å². The van der Waals surface area contributed by atoms with E-state index in [1.54, 1.807) is 12.1 Å². The second-order valence-electron chi connectivity index (χ2n) is 7.08. The van der Waals surface area contributed by atoms with E-state index in [4.69, 9.17) is 4.74 Å². The highest BCUT2D eigenvalue weighted by Crippen LogP contribution is 2.16. The SMILES string of the molecule is O=C(CNC(=O)c1ccc2ccccc2c1)OCC(=O)N1CCC(c2ccccc2)=N1. The number of fused-ring (bicyclic) bond motifs is 1. The van der Waals surface area contributed by atoms with Crippen LogP contribution in [-0.4, -0.2) is 48.2 Å². The zero-order chi connectivity index (χ0) is 21.6. The number of benzene rings is 3. The zero-order valence-corrected chi connectivity index (χ0v) is 16.8. The molecule has 2 amide bonds. The van der Waals surface area contributed by atoms with Crippen molar-refractivity contribution >= 4 is 34.3 Å². The number of carbonyl (C=O) groups excluding carboxylic acids is 3. The van der Waals surface area contributed by atoms with E-state index >= 15 is 0 Å². The summed E-state index contributed by atoms with van der Waals surface area (Å²) < 4.78 is 5.00. The molecule has 0 saturated heterocycles. The summed E-state index contributed by atoms with van der Waals surface area (Å²) in [6.45, 7) is -0.299. The minimum atomic E-state index is -0.686. The zero-order valence-electron chi connectivity index (χ0n) is 16.8. The molecule has 0 aromatic heterocycles. The molecule has 156 valence electrons. The molecule has 0 radical (unpaired) electrons. The maximum atomic E-state index is 12.3. The van der Waals surface area contributed by atoms with Crippen LogP contribution in [0, 0.1) is 0 Å². The number of esters is 1. The number of nitrogens with zero attached hydrogens (tertiary/aromatic N) is 2. The Morgan fingerprint density at radius 1 is 0.935 bits per heavy atom. The fraction of sp³-hybridized carbons (Fsp3) is 0.167. The summed E-state index contributed by atoms with van der Waals surface area (Å²) in [7, 11) is 0. The molecule has 3 aromatic rings. The second kappa shape index (κ2) is 9.21. The maximum Gasteiger partial charge on any atom is 0.325 e. The Morgan fingerprint density at radius 3 is 2.48 bits per heavy atom. The van der Waals surface area contributed by atoms with E-state index in [-0.39, 0.29) is 12.5 Å². The van der Waals surface area contributed by atoms with Crippen LogP contribution in [0.25, 0.3) is 10.8 Å². The van der Waals surface area contributed by atoms with E-state index in [0.717, 1.165) is 22.0 Å². The van der Waals surface area contributed by atoms with Gasteiger partial charge in [-0.25, -0.2) is 5.01 Å². The number of nitrogens with one attached hydrogen (secondary N) is 1. The summed E-state index contributed by atoms with van der Waals surface area (Å²) in [6.07, 6.45) is 0.644. The number of hydrazone groups is 1. The predicted molar refractivity (Wildman–Crippen MR) is 117 cm³/mol. The molecular formula is C24H21N3O4. The summed E-state index contributed by atoms with van der Waals surface area (Å²) in [5.74, 6) is -1.47. The van der Waals surface area contributed by atoms with Gasteiger partial charge in [-0.05, 0) is 28.5 Å². The summed E-state index contributed by atoms with van der Waals surface area (Å²) >= 11 is 0. The topological polar surface area (TPSA) is 88.1 Å². The number of rotatable bonds is 6. The largest absolute Gasteiger partial charge is 0.454 e. The first-order valence-electron chi connectivity index (χ1n) is 9.96. The molecule has 1 heterocycles. The highest BCUT2D eigenvalue weighted by atomic mass is 16.5. The smallest absolute Gasteiger partial charge is 0.325 e. The van der Waals surface area contributed by atoms with Crippen molar-refractivity contribution in [3.05, 3.63) is 83.9 Å². The van der Waals surface area contributed by atoms with Gasteiger partial charge < -0.3 is 10.1 Å². The molecular weight excluding hydrogens is 394 g/mol. The summed E-state index contributed by atoms with van der Waals surface area (Å²) in [5.41, 5.74) is 2.23. The Morgan fingerprint density at radius 2 is 1.68 bits per heavy atom. The van der Waals surface area contributed by atoms with Crippen molar-refractivity contribution in [2.45, 2.75) is 6.42 Å². The van der Waals surface area contributed by atoms with Crippen molar-refractivity contribution in [1.82, 2.24) is 10.3 Å². The minimum absolute atomic E-state index is 0.322. The van der Waals surface area contributed by atoms with E-state index in [2.05, 4.69) is 10.4 Å². The molecule has 1 aliphatic heterocycles. The van der Waals surface area contributed by atoms with Gasteiger partial charge in [0, 0.05) is 12.0 Å². The maximum absolute atomic E-state index is 12.3. The van der Waals surface area contributed by atoms with Gasteiger partial charge in [-0.1, -0.05) is 60.7 Å². The molecule has 0 atom stereocenters. The minimum Gasteiger partial charge on any atom is -0.454 e. The number of hydrogen-bond acceptors (Lipinski definition) is 5. The van der Waals surface area contributed by atoms with Gasteiger partial charge in [0.1, 0.15) is 6.54 Å². The first kappa shape index (κ1) is 20.3. The molecule has 0 spiro atoms. The van der Waals surface area contributed by atoms with Crippen LogP contribution in [0.4, 0.5) is 0 Å². The third-order valence-corrected chi connectivity index (χ3v) is 4.96. The number of ether oxygens (including phenoxy) is 1. The first-order valence-corrected chi connectivity index (χ1v) is 9.96. The van der Waals surface area contributed by atoms with E-state index < -0.39 is 18.5 Å². The van der Waals surface area contributed by atoms with Crippen molar-refractivity contribution in [1.29, 1.82) is 0 Å². The van der Waals surface area contributed by atoms with Gasteiger partial charge in [0.05, 0.1) is 12.3 Å². The van der Waals surface area contributed by atoms with Gasteiger partial charge in [0.15, 0.2) is 6.61 Å². The summed E-state index contributed by atoms with van der Waals surface area (Å²) in [6, 6.07) is 22.6. The van der Waals surface area contributed by atoms with Crippen molar-refractivity contribution in [2.75, 3.05) is 19.7 Å². The Bertz CT molecular complexity index is 1160. The van der Waals surface area contributed by atoms with Gasteiger partial charge in [-0.2, -0.15) is 5.10 Å². The van der Waals surface area contributed by atoms with Crippen LogP contribution in [0.15, 0.2) is 77.9 Å². The summed E-state index contributed by atoms with van der Waals surface area (Å²) in [5, 5.41) is 10.1. The van der Waals surface area contributed by atoms with Crippen molar-refractivity contribution in [3.8, 4) is 0 Å². The van der Waals surface area contributed by atoms with Crippen LogP contribution < -0.4 is 5.32 Å². The van der Waals surface area contributed by atoms with Crippen LogP contribution in [-0.2, 0) is 14.3 Å². The van der Waals surface area contributed by atoms with Crippen LogP contribution in [0.5, 0.6) is 0 Å². The van der Waals surface area contributed by atoms with Gasteiger partial charge in [0.2, 0.25) is 0 Å². The van der Waals surface area contributed by atoms with Crippen molar-refractivity contribution in [3.63, 3.8) is 0 Å². The molecule has 0 unspecified atom stereocenters. The second-order valence-corrected chi connectivity index (χ2v) is 7.08. The lowest BCUT2D eigenvalue weighted by molar-refractivity contribution is -0.150. The fourth-order valence-corrected chi connectivity index (χ4v) is 3.32. The quantitative estimate of drug-likeness (QED) is 0.627. The average molecular weight is 415 g/mol. The highest BCUT2D eigenvalue weighted by molar-refractivity contribution is 6.03. The average Bonchev–Trinajstić information content (AvgIpc) is 3.32. The molecule has 0 aliphatic carbocycles. The monoisotopic (exact) mass is 415 g/mol. The van der Waals surface area contributed by atoms with E-state index in [1.807, 2.05) is 60.7 Å². The number of hydrogen-bond donors (Lipinski definition) is 1. The van der Waals surface area contributed by atoms with E-state index in [0.29, 0.717) is 18.5 Å². The Labute approximate surface area is 179 Å². The van der Waals surface area contributed by atoms with Gasteiger partial charge in [-0.3, -0.25) is 14.4 Å². The standard InChI is InChI=1S/C24H21N3O4/c28-22(27-13-12-21(26-27)18-7-2-1-3-8-18)16-31-23(29)15-25-24(30)20-11-10-17-6-4-5-9-19(17)14-20/h1-11,14H,12-13,15-16H2,(H,25,30). The molecule has 0 saturated carbocycles. The lowest BCUT2D eigenvalue weighted by atomic mass is 10.1. The number of amides is 2. The predicted octanol–water partition coefficient (Wildman–Crippen LogP) is 2.75. The third kappa shape index (κ3) is 4.95. The fourth-order valence-electron chi connectivity index (χ4n) is 3.32. The molecule has 7 heteroatoms. The van der Waals surface area contributed by atoms with Gasteiger partial charge in [-0.15, -0.1) is 0 Å². The first-order chi connectivity index (χ1) is 15.1. The third-order valence-electron chi connectivity index (χ3n) is 4.96. The van der Waals surface area contributed by atoms with Crippen LogP contribution in [0.3, 0.4) is 0 Å². The molecule has 0 fully saturated rings. The summed E-state index contributed by atoms with van der Waals surface area (Å²) in [4.78, 5) is 36.5. The van der Waals surface area contributed by atoms with Crippen LogP contribution in [0.2, 0.25) is 0 Å². The van der Waals surface area contributed by atoms with Gasteiger partial charge in [0.25, 0.3) is 11.8 Å². The number of carbonyl (C=O) groups is 3. The molecule has 4 rings (SSSR count). The normalized spacial score (nSPS) is 13.0. The molecule has 1 N–H and O–H groups in total. The molecule has 1 aliphatic rings. The van der Waals surface area contributed by atoms with E-state index in [9.17, 15) is 14.4 Å². The molecule has 31 heavy (non-hydrogen) atoms. The Balaban J connectivity index is 1.25. The van der Waals surface area contributed by atoms with Crippen LogP contribution >= 0.6 is 0 Å².